The molecular weight excluding hydrogens is 230 g/mol. The van der Waals surface area contributed by atoms with Gasteiger partial charge in [-0.15, -0.1) is 0 Å². The number of urea groups is 1. The zero-order valence-electron chi connectivity index (χ0n) is 11.0. The molecule has 2 aliphatic rings. The van der Waals surface area contributed by atoms with Gasteiger partial charge in [-0.2, -0.15) is 0 Å². The average Bonchev–Trinajstić information content (AvgIpc) is 2.84. The Morgan fingerprint density at radius 1 is 1.06 bits per heavy atom. The molecule has 1 atom stereocenters. The Morgan fingerprint density at radius 2 is 1.67 bits per heavy atom. The summed E-state index contributed by atoms with van der Waals surface area (Å²) < 4.78 is 0. The molecule has 2 rings (SSSR count). The summed E-state index contributed by atoms with van der Waals surface area (Å²) in [4.78, 5) is 29.2. The lowest BCUT2D eigenvalue weighted by atomic mass is 10.2. The van der Waals surface area contributed by atoms with Gasteiger partial charge in [0.1, 0.15) is 0 Å². The van der Waals surface area contributed by atoms with Crippen molar-refractivity contribution in [1.82, 2.24) is 14.7 Å². The van der Waals surface area contributed by atoms with Crippen molar-refractivity contribution in [3.05, 3.63) is 12.7 Å². The van der Waals surface area contributed by atoms with Crippen molar-refractivity contribution < 1.29 is 9.59 Å². The molecule has 0 bridgehead atoms. The van der Waals surface area contributed by atoms with Crippen LogP contribution in [0.25, 0.3) is 0 Å². The van der Waals surface area contributed by atoms with E-state index < -0.39 is 0 Å². The first-order valence-corrected chi connectivity index (χ1v) is 6.57. The van der Waals surface area contributed by atoms with E-state index in [4.69, 9.17) is 0 Å². The molecule has 2 heterocycles. The van der Waals surface area contributed by atoms with Crippen LogP contribution in [0, 0.1) is 5.92 Å². The number of nitrogens with zero attached hydrogens (tertiary/aromatic N) is 3. The van der Waals surface area contributed by atoms with Gasteiger partial charge in [0, 0.05) is 39.3 Å². The Hall–Kier alpha value is -1.52. The van der Waals surface area contributed by atoms with Crippen molar-refractivity contribution in [2.75, 3.05) is 39.3 Å². The summed E-state index contributed by atoms with van der Waals surface area (Å²) in [7, 11) is 0. The molecular formula is C13H21N3O2. The SMILES string of the molecule is C=CC(=O)N1CCN(C(=O)N2CCC(C)C2)CC1. The van der Waals surface area contributed by atoms with Crippen LogP contribution in [0.3, 0.4) is 0 Å². The average molecular weight is 251 g/mol. The molecule has 2 fully saturated rings. The van der Waals surface area contributed by atoms with E-state index in [0.717, 1.165) is 19.5 Å². The van der Waals surface area contributed by atoms with E-state index in [2.05, 4.69) is 13.5 Å². The Labute approximate surface area is 108 Å². The van der Waals surface area contributed by atoms with Gasteiger partial charge in [-0.3, -0.25) is 4.79 Å². The Bertz CT molecular complexity index is 348. The van der Waals surface area contributed by atoms with E-state index in [1.54, 1.807) is 4.90 Å². The monoisotopic (exact) mass is 251 g/mol. The Morgan fingerprint density at radius 3 is 2.17 bits per heavy atom. The smallest absolute Gasteiger partial charge is 0.320 e. The fourth-order valence-corrected chi connectivity index (χ4v) is 2.56. The summed E-state index contributed by atoms with van der Waals surface area (Å²) in [5.74, 6) is 0.564. The van der Waals surface area contributed by atoms with Crippen molar-refractivity contribution in [2.24, 2.45) is 5.92 Å². The number of piperazine rings is 1. The lowest BCUT2D eigenvalue weighted by Gasteiger charge is -2.36. The standard InChI is InChI=1S/C13H21N3O2/c1-3-12(17)14-6-8-15(9-7-14)13(18)16-5-4-11(2)10-16/h3,11H,1,4-10H2,2H3. The van der Waals surface area contributed by atoms with Gasteiger partial charge in [0.25, 0.3) is 0 Å². The van der Waals surface area contributed by atoms with Gasteiger partial charge in [0.05, 0.1) is 0 Å². The van der Waals surface area contributed by atoms with Gasteiger partial charge in [-0.05, 0) is 18.4 Å². The van der Waals surface area contributed by atoms with Gasteiger partial charge in [0.15, 0.2) is 0 Å². The Kier molecular flexibility index (Phi) is 3.89. The molecule has 0 aromatic rings. The minimum atomic E-state index is -0.0445. The molecule has 0 N–H and O–H groups in total. The maximum absolute atomic E-state index is 12.2. The van der Waals surface area contributed by atoms with Crippen molar-refractivity contribution in [3.63, 3.8) is 0 Å². The molecule has 5 heteroatoms. The van der Waals surface area contributed by atoms with Crippen LogP contribution < -0.4 is 0 Å². The first-order chi connectivity index (χ1) is 8.61. The number of amides is 3. The highest BCUT2D eigenvalue weighted by Gasteiger charge is 2.29. The zero-order chi connectivity index (χ0) is 13.1. The number of carbonyl (C=O) groups excluding carboxylic acids is 2. The maximum Gasteiger partial charge on any atom is 0.320 e. The third kappa shape index (κ3) is 2.66. The van der Waals surface area contributed by atoms with Crippen LogP contribution in [0.2, 0.25) is 0 Å². The summed E-state index contributed by atoms with van der Waals surface area (Å²) in [5, 5.41) is 0. The highest BCUT2D eigenvalue weighted by Crippen LogP contribution is 2.17. The molecule has 0 aromatic heterocycles. The van der Waals surface area contributed by atoms with Gasteiger partial charge < -0.3 is 14.7 Å². The van der Waals surface area contributed by atoms with Crippen molar-refractivity contribution in [3.8, 4) is 0 Å². The summed E-state index contributed by atoms with van der Waals surface area (Å²) >= 11 is 0. The van der Waals surface area contributed by atoms with Crippen LogP contribution in [-0.4, -0.2) is 65.9 Å². The largest absolute Gasteiger partial charge is 0.336 e. The van der Waals surface area contributed by atoms with Crippen molar-refractivity contribution in [1.29, 1.82) is 0 Å². The van der Waals surface area contributed by atoms with Crippen LogP contribution in [-0.2, 0) is 4.79 Å². The van der Waals surface area contributed by atoms with Crippen molar-refractivity contribution >= 4 is 11.9 Å². The lowest BCUT2D eigenvalue weighted by Crippen LogP contribution is -2.53. The second-order valence-electron chi connectivity index (χ2n) is 5.14. The summed E-state index contributed by atoms with van der Waals surface area (Å²) in [5.41, 5.74) is 0. The molecule has 100 valence electrons. The molecule has 0 aliphatic carbocycles. The number of hydrogen-bond donors (Lipinski definition) is 0. The van der Waals surface area contributed by atoms with E-state index in [1.807, 2.05) is 9.80 Å². The summed E-state index contributed by atoms with van der Waals surface area (Å²) in [6, 6.07) is 0.130. The summed E-state index contributed by atoms with van der Waals surface area (Å²) in [6.45, 7) is 9.87. The summed E-state index contributed by atoms with van der Waals surface area (Å²) in [6.07, 6.45) is 2.43. The molecule has 0 saturated carbocycles. The number of likely N-dealkylation sites (tertiary alicyclic amines) is 1. The van der Waals surface area contributed by atoms with Crippen LogP contribution >= 0.6 is 0 Å². The van der Waals surface area contributed by atoms with Crippen molar-refractivity contribution in [2.45, 2.75) is 13.3 Å². The molecule has 18 heavy (non-hydrogen) atoms. The van der Waals surface area contributed by atoms with Gasteiger partial charge in [0.2, 0.25) is 5.91 Å². The topological polar surface area (TPSA) is 43.9 Å². The molecule has 5 nitrogen and oxygen atoms in total. The molecule has 2 saturated heterocycles. The predicted molar refractivity (Wildman–Crippen MR) is 69.1 cm³/mol. The lowest BCUT2D eigenvalue weighted by molar-refractivity contribution is -0.127. The van der Waals surface area contributed by atoms with E-state index in [0.29, 0.717) is 32.1 Å². The molecule has 3 amide bonds. The molecule has 0 aromatic carbocycles. The highest BCUT2D eigenvalue weighted by molar-refractivity contribution is 5.87. The van der Waals surface area contributed by atoms with Gasteiger partial charge >= 0.3 is 6.03 Å². The van der Waals surface area contributed by atoms with Crippen LogP contribution in [0.5, 0.6) is 0 Å². The third-order valence-electron chi connectivity index (χ3n) is 3.73. The number of carbonyl (C=O) groups is 2. The molecule has 0 spiro atoms. The fourth-order valence-electron chi connectivity index (χ4n) is 2.56. The van der Waals surface area contributed by atoms with Crippen LogP contribution in [0.1, 0.15) is 13.3 Å². The first kappa shape index (κ1) is 12.9. The minimum absolute atomic E-state index is 0.0445. The molecule has 0 radical (unpaired) electrons. The van der Waals surface area contributed by atoms with Gasteiger partial charge in [-0.1, -0.05) is 13.5 Å². The van der Waals surface area contributed by atoms with E-state index in [9.17, 15) is 9.59 Å². The zero-order valence-corrected chi connectivity index (χ0v) is 11.0. The second-order valence-corrected chi connectivity index (χ2v) is 5.14. The van der Waals surface area contributed by atoms with E-state index in [1.165, 1.54) is 6.08 Å². The number of hydrogen-bond acceptors (Lipinski definition) is 2. The molecule has 2 aliphatic heterocycles. The highest BCUT2D eigenvalue weighted by atomic mass is 16.2. The quantitative estimate of drug-likeness (QED) is 0.646. The van der Waals surface area contributed by atoms with Gasteiger partial charge in [-0.25, -0.2) is 4.79 Å². The predicted octanol–water partition coefficient (Wildman–Crippen LogP) is 0.778. The van der Waals surface area contributed by atoms with Crippen LogP contribution in [0.4, 0.5) is 4.79 Å². The van der Waals surface area contributed by atoms with E-state index in [-0.39, 0.29) is 11.9 Å². The Balaban J connectivity index is 1.84. The molecule has 1 unspecified atom stereocenters. The maximum atomic E-state index is 12.2. The fraction of sp³-hybridized carbons (Fsp3) is 0.692. The second kappa shape index (κ2) is 5.42. The normalized spacial score (nSPS) is 24.3. The van der Waals surface area contributed by atoms with Crippen LogP contribution in [0.15, 0.2) is 12.7 Å². The first-order valence-electron chi connectivity index (χ1n) is 6.57. The van der Waals surface area contributed by atoms with E-state index >= 15 is 0 Å². The number of rotatable bonds is 1. The third-order valence-corrected chi connectivity index (χ3v) is 3.73. The minimum Gasteiger partial charge on any atom is -0.336 e.